The van der Waals surface area contributed by atoms with E-state index in [1.54, 1.807) is 12.1 Å². The Morgan fingerprint density at radius 2 is 1.56 bits per heavy atom. The number of rotatable bonds is 5. The largest absolute Gasteiger partial charge is 0.457 e. The topological polar surface area (TPSA) is 82.1 Å². The lowest BCUT2D eigenvalue weighted by atomic mass is 10.0. The highest BCUT2D eigenvalue weighted by atomic mass is 19.4. The second-order valence-electron chi connectivity index (χ2n) is 9.26. The van der Waals surface area contributed by atoms with Crippen LogP contribution in [0.4, 0.5) is 19.0 Å². The van der Waals surface area contributed by atoms with Crippen molar-refractivity contribution in [3.8, 4) is 22.8 Å². The minimum absolute atomic E-state index is 0.216. The lowest BCUT2D eigenvalue weighted by molar-refractivity contribution is -0.137. The third-order valence-electron chi connectivity index (χ3n) is 6.64. The molecule has 36 heavy (non-hydrogen) atoms. The van der Waals surface area contributed by atoms with Gasteiger partial charge in [-0.05, 0) is 75.2 Å². The number of aromatic nitrogens is 4. The molecule has 7 nitrogen and oxygen atoms in total. The van der Waals surface area contributed by atoms with Crippen LogP contribution in [-0.2, 0) is 6.18 Å². The van der Waals surface area contributed by atoms with E-state index in [2.05, 4.69) is 28.7 Å². The first-order valence-corrected chi connectivity index (χ1v) is 11.9. The Hall–Kier alpha value is -3.66. The van der Waals surface area contributed by atoms with Crippen LogP contribution in [0.2, 0.25) is 0 Å². The van der Waals surface area contributed by atoms with E-state index in [1.807, 2.05) is 16.8 Å². The molecule has 0 bridgehead atoms. The van der Waals surface area contributed by atoms with E-state index in [0.717, 1.165) is 43.6 Å². The molecule has 5 rings (SSSR count). The molecular formula is C26H27F3N6O. The van der Waals surface area contributed by atoms with Crippen molar-refractivity contribution in [2.24, 2.45) is 0 Å². The van der Waals surface area contributed by atoms with Gasteiger partial charge in [0.1, 0.15) is 29.3 Å². The number of hydrogen-bond donors (Lipinski definition) is 1. The number of likely N-dealkylation sites (tertiary alicyclic amines) is 1. The summed E-state index contributed by atoms with van der Waals surface area (Å²) in [5.41, 5.74) is 7.76. The molecule has 3 heterocycles. The van der Waals surface area contributed by atoms with Gasteiger partial charge in [-0.3, -0.25) is 0 Å². The van der Waals surface area contributed by atoms with E-state index in [-0.39, 0.29) is 6.04 Å². The van der Waals surface area contributed by atoms with Gasteiger partial charge in [-0.1, -0.05) is 0 Å². The molecule has 1 fully saturated rings. The summed E-state index contributed by atoms with van der Waals surface area (Å²) in [4.78, 5) is 11.2. The van der Waals surface area contributed by atoms with Gasteiger partial charge < -0.3 is 15.4 Å². The standard InChI is InChI=1S/C26H27F3N6O/c1-16(2)34-13-11-19(12-14-34)35-25-22(24(30)31-15-32-25)23(33-35)17-3-7-20(8-4-17)36-21-9-5-18(6-10-21)26(27,28)29/h3-10,15-16,19H,11-14H2,1-2H3,(H2,30,31,32). The number of fused-ring (bicyclic) bond motifs is 1. The monoisotopic (exact) mass is 496 g/mol. The number of benzene rings is 2. The van der Waals surface area contributed by atoms with Crippen LogP contribution in [0.3, 0.4) is 0 Å². The Morgan fingerprint density at radius 1 is 0.944 bits per heavy atom. The Morgan fingerprint density at radius 3 is 2.14 bits per heavy atom. The van der Waals surface area contributed by atoms with Crippen LogP contribution >= 0.6 is 0 Å². The summed E-state index contributed by atoms with van der Waals surface area (Å²) in [6.45, 7) is 6.41. The van der Waals surface area contributed by atoms with Crippen molar-refractivity contribution in [3.05, 3.63) is 60.4 Å². The summed E-state index contributed by atoms with van der Waals surface area (Å²) in [5, 5.41) is 5.64. The van der Waals surface area contributed by atoms with Crippen molar-refractivity contribution in [1.82, 2.24) is 24.6 Å². The van der Waals surface area contributed by atoms with Gasteiger partial charge in [0.25, 0.3) is 0 Å². The van der Waals surface area contributed by atoms with Crippen LogP contribution in [0, 0.1) is 0 Å². The number of ether oxygens (including phenoxy) is 1. The minimum atomic E-state index is -4.39. The zero-order chi connectivity index (χ0) is 25.4. The molecule has 0 radical (unpaired) electrons. The van der Waals surface area contributed by atoms with Crippen molar-refractivity contribution < 1.29 is 17.9 Å². The minimum Gasteiger partial charge on any atom is -0.457 e. The molecule has 10 heteroatoms. The summed E-state index contributed by atoms with van der Waals surface area (Å²) in [7, 11) is 0. The molecule has 0 amide bonds. The number of piperidine rings is 1. The van der Waals surface area contributed by atoms with Crippen LogP contribution in [0.25, 0.3) is 22.3 Å². The third-order valence-corrected chi connectivity index (χ3v) is 6.64. The second-order valence-corrected chi connectivity index (χ2v) is 9.26. The number of halogens is 3. The average molecular weight is 497 g/mol. The molecule has 2 N–H and O–H groups in total. The summed E-state index contributed by atoms with van der Waals surface area (Å²) in [6.07, 6.45) is -0.982. The predicted molar refractivity (Wildman–Crippen MR) is 132 cm³/mol. The van der Waals surface area contributed by atoms with Crippen LogP contribution in [0.15, 0.2) is 54.9 Å². The molecule has 0 atom stereocenters. The molecule has 4 aromatic rings. The molecule has 1 aliphatic rings. The van der Waals surface area contributed by atoms with Crippen LogP contribution < -0.4 is 10.5 Å². The number of hydrogen-bond acceptors (Lipinski definition) is 6. The lowest BCUT2D eigenvalue weighted by Crippen LogP contribution is -2.39. The average Bonchev–Trinajstić information content (AvgIpc) is 3.25. The SMILES string of the molecule is CC(C)N1CCC(n2nc(-c3ccc(Oc4ccc(C(F)(F)F)cc4)cc3)c3c(N)ncnc32)CC1. The van der Waals surface area contributed by atoms with Crippen molar-refractivity contribution in [2.75, 3.05) is 18.8 Å². The summed E-state index contributed by atoms with van der Waals surface area (Å²) < 4.78 is 46.1. The van der Waals surface area contributed by atoms with Gasteiger partial charge in [-0.15, -0.1) is 0 Å². The molecule has 1 aliphatic heterocycles. The highest BCUT2D eigenvalue weighted by Gasteiger charge is 2.30. The first-order valence-electron chi connectivity index (χ1n) is 11.9. The molecule has 1 saturated heterocycles. The Balaban J connectivity index is 1.41. The quantitative estimate of drug-likeness (QED) is 0.369. The molecular weight excluding hydrogens is 469 g/mol. The molecule has 188 valence electrons. The maximum atomic E-state index is 12.8. The molecule has 0 spiro atoms. The summed E-state index contributed by atoms with van der Waals surface area (Å²) >= 11 is 0. The Bertz CT molecular complexity index is 1340. The van der Waals surface area contributed by atoms with E-state index in [9.17, 15) is 13.2 Å². The van der Waals surface area contributed by atoms with Crippen LogP contribution in [0.5, 0.6) is 11.5 Å². The fourth-order valence-electron chi connectivity index (χ4n) is 4.63. The molecule has 2 aromatic carbocycles. The summed E-state index contributed by atoms with van der Waals surface area (Å²) in [6, 6.07) is 12.5. The van der Waals surface area contributed by atoms with Crippen molar-refractivity contribution in [2.45, 2.75) is 44.9 Å². The van der Waals surface area contributed by atoms with Gasteiger partial charge in [0.2, 0.25) is 0 Å². The fraction of sp³-hybridized carbons (Fsp3) is 0.346. The van der Waals surface area contributed by atoms with E-state index in [4.69, 9.17) is 15.6 Å². The van der Waals surface area contributed by atoms with Gasteiger partial charge in [0, 0.05) is 24.7 Å². The van der Waals surface area contributed by atoms with Crippen LogP contribution in [0.1, 0.15) is 38.3 Å². The molecule has 0 unspecified atom stereocenters. The normalized spacial score (nSPS) is 15.6. The van der Waals surface area contributed by atoms with Crippen LogP contribution in [-0.4, -0.2) is 43.8 Å². The van der Waals surface area contributed by atoms with Crippen molar-refractivity contribution in [1.29, 1.82) is 0 Å². The first-order chi connectivity index (χ1) is 17.2. The van der Waals surface area contributed by atoms with Gasteiger partial charge >= 0.3 is 6.18 Å². The molecule has 2 aromatic heterocycles. The second kappa shape index (κ2) is 9.42. The first kappa shape index (κ1) is 24.1. The maximum absolute atomic E-state index is 12.8. The highest BCUT2D eigenvalue weighted by Crippen LogP contribution is 2.36. The van der Waals surface area contributed by atoms with Gasteiger partial charge in [-0.2, -0.15) is 18.3 Å². The van der Waals surface area contributed by atoms with E-state index >= 15 is 0 Å². The zero-order valence-corrected chi connectivity index (χ0v) is 20.0. The number of nitrogens with zero attached hydrogens (tertiary/aromatic N) is 5. The summed E-state index contributed by atoms with van der Waals surface area (Å²) in [5.74, 6) is 1.18. The van der Waals surface area contributed by atoms with E-state index in [1.165, 1.54) is 18.5 Å². The van der Waals surface area contributed by atoms with Crippen molar-refractivity contribution >= 4 is 16.9 Å². The third kappa shape index (κ3) is 4.73. The Labute approximate surface area is 206 Å². The van der Waals surface area contributed by atoms with E-state index < -0.39 is 11.7 Å². The van der Waals surface area contributed by atoms with Gasteiger partial charge in [-0.25, -0.2) is 14.6 Å². The Kier molecular flexibility index (Phi) is 6.29. The molecule has 0 aliphatic carbocycles. The van der Waals surface area contributed by atoms with Crippen molar-refractivity contribution in [3.63, 3.8) is 0 Å². The number of anilines is 1. The zero-order valence-electron chi connectivity index (χ0n) is 20.0. The molecule has 0 saturated carbocycles. The van der Waals surface area contributed by atoms with Gasteiger partial charge in [0.15, 0.2) is 5.65 Å². The van der Waals surface area contributed by atoms with E-state index in [0.29, 0.717) is 40.1 Å². The number of nitrogens with two attached hydrogens (primary N) is 1. The number of nitrogen functional groups attached to an aromatic ring is 1. The lowest BCUT2D eigenvalue weighted by Gasteiger charge is -2.34. The van der Waals surface area contributed by atoms with Gasteiger partial charge in [0.05, 0.1) is 17.0 Å². The highest BCUT2D eigenvalue weighted by molar-refractivity contribution is 5.98. The predicted octanol–water partition coefficient (Wildman–Crippen LogP) is 5.93. The maximum Gasteiger partial charge on any atom is 0.416 e. The smallest absolute Gasteiger partial charge is 0.416 e. The fourth-order valence-corrected chi connectivity index (χ4v) is 4.63. The number of alkyl halides is 3.